The summed E-state index contributed by atoms with van der Waals surface area (Å²) in [5, 5.41) is 3.85. The van der Waals surface area contributed by atoms with Crippen molar-refractivity contribution in [1.82, 2.24) is 5.32 Å². The molecule has 0 aromatic rings. The average Bonchev–Trinajstić information content (AvgIpc) is 2.41. The summed E-state index contributed by atoms with van der Waals surface area (Å²) >= 11 is 0. The Morgan fingerprint density at radius 1 is 1.00 bits per heavy atom. The Bertz CT molecular complexity index is 184. The van der Waals surface area contributed by atoms with Gasteiger partial charge in [-0.05, 0) is 50.5 Å². The van der Waals surface area contributed by atoms with Crippen LogP contribution in [-0.2, 0) is 4.74 Å². The minimum atomic E-state index is 0.730. The van der Waals surface area contributed by atoms with E-state index in [9.17, 15) is 0 Å². The highest BCUT2D eigenvalue weighted by atomic mass is 16.5. The zero-order chi connectivity index (χ0) is 13.2. The summed E-state index contributed by atoms with van der Waals surface area (Å²) in [6.07, 6.45) is 9.15. The van der Waals surface area contributed by atoms with Crippen molar-refractivity contribution >= 4 is 0 Å². The van der Waals surface area contributed by atoms with Crippen LogP contribution in [0.5, 0.6) is 0 Å². The van der Waals surface area contributed by atoms with Gasteiger partial charge in [-0.15, -0.1) is 0 Å². The summed E-state index contributed by atoms with van der Waals surface area (Å²) < 4.78 is 5.53. The van der Waals surface area contributed by atoms with Crippen molar-refractivity contribution in [3.05, 3.63) is 0 Å². The maximum atomic E-state index is 5.53. The number of ether oxygens (including phenoxy) is 1. The molecule has 1 rings (SSSR count). The van der Waals surface area contributed by atoms with E-state index in [0.29, 0.717) is 0 Å². The number of hydrogen-bond acceptors (Lipinski definition) is 2. The molecular weight excluding hydrogens is 222 g/mol. The van der Waals surface area contributed by atoms with Gasteiger partial charge in [0.05, 0.1) is 0 Å². The van der Waals surface area contributed by atoms with Gasteiger partial charge in [0.2, 0.25) is 0 Å². The second-order valence-corrected chi connectivity index (χ2v) is 5.77. The quantitative estimate of drug-likeness (QED) is 0.672. The van der Waals surface area contributed by atoms with Crippen LogP contribution >= 0.6 is 0 Å². The van der Waals surface area contributed by atoms with Crippen molar-refractivity contribution in [2.24, 2.45) is 11.8 Å². The van der Waals surface area contributed by atoms with Crippen LogP contribution in [0.2, 0.25) is 0 Å². The van der Waals surface area contributed by atoms with E-state index in [1.807, 2.05) is 0 Å². The Kier molecular flexibility index (Phi) is 8.70. The molecular formula is C16H33NO. The van der Waals surface area contributed by atoms with E-state index >= 15 is 0 Å². The van der Waals surface area contributed by atoms with Crippen LogP contribution < -0.4 is 5.32 Å². The summed E-state index contributed by atoms with van der Waals surface area (Å²) in [7, 11) is 0. The second-order valence-electron chi connectivity index (χ2n) is 5.77. The Balaban J connectivity index is 2.59. The van der Waals surface area contributed by atoms with Gasteiger partial charge in [0.25, 0.3) is 0 Å². The molecule has 0 amide bonds. The van der Waals surface area contributed by atoms with Crippen LogP contribution in [0.15, 0.2) is 0 Å². The predicted molar refractivity (Wildman–Crippen MR) is 78.9 cm³/mol. The molecule has 1 aliphatic rings. The second kappa shape index (κ2) is 9.80. The van der Waals surface area contributed by atoms with Crippen molar-refractivity contribution in [3.63, 3.8) is 0 Å². The Morgan fingerprint density at radius 3 is 2.11 bits per heavy atom. The van der Waals surface area contributed by atoms with Gasteiger partial charge >= 0.3 is 0 Å². The molecule has 0 aliphatic carbocycles. The normalized spacial score (nSPS) is 19.3. The maximum Gasteiger partial charge on any atom is 0.0469 e. The fraction of sp³-hybridized carbons (Fsp3) is 1.00. The van der Waals surface area contributed by atoms with Crippen LogP contribution in [0, 0.1) is 11.8 Å². The number of nitrogens with one attached hydrogen (secondary N) is 1. The topological polar surface area (TPSA) is 21.3 Å². The minimum absolute atomic E-state index is 0.730. The van der Waals surface area contributed by atoms with E-state index in [1.165, 1.54) is 51.5 Å². The lowest BCUT2D eigenvalue weighted by atomic mass is 9.79. The molecule has 1 heterocycles. The lowest BCUT2D eigenvalue weighted by molar-refractivity contribution is 0.0425. The first-order valence-corrected chi connectivity index (χ1v) is 8.14. The first-order chi connectivity index (χ1) is 8.83. The molecule has 18 heavy (non-hydrogen) atoms. The average molecular weight is 255 g/mol. The Hall–Kier alpha value is -0.0800. The van der Waals surface area contributed by atoms with Crippen LogP contribution in [0.25, 0.3) is 0 Å². The first-order valence-electron chi connectivity index (χ1n) is 8.14. The van der Waals surface area contributed by atoms with E-state index in [0.717, 1.165) is 31.1 Å². The molecule has 108 valence electrons. The molecule has 0 aromatic heterocycles. The monoisotopic (exact) mass is 255 g/mol. The molecule has 1 aliphatic heterocycles. The fourth-order valence-electron chi connectivity index (χ4n) is 3.35. The summed E-state index contributed by atoms with van der Waals surface area (Å²) in [6, 6.07) is 0.730. The molecule has 0 spiro atoms. The minimum Gasteiger partial charge on any atom is -0.381 e. The highest BCUT2D eigenvalue weighted by Gasteiger charge is 2.29. The highest BCUT2D eigenvalue weighted by Crippen LogP contribution is 2.29. The molecule has 2 heteroatoms. The van der Waals surface area contributed by atoms with Gasteiger partial charge in [0.15, 0.2) is 0 Å². The first kappa shape index (κ1) is 16.0. The van der Waals surface area contributed by atoms with Crippen LogP contribution in [0.1, 0.15) is 65.7 Å². The summed E-state index contributed by atoms with van der Waals surface area (Å²) in [6.45, 7) is 10.0. The SMILES string of the molecule is CCCNC(C(CCC)CCC)C1CCOCC1. The smallest absolute Gasteiger partial charge is 0.0469 e. The van der Waals surface area contributed by atoms with Crippen LogP contribution in [-0.4, -0.2) is 25.8 Å². The summed E-state index contributed by atoms with van der Waals surface area (Å²) in [5.41, 5.74) is 0. The van der Waals surface area contributed by atoms with Gasteiger partial charge < -0.3 is 10.1 Å². The van der Waals surface area contributed by atoms with Gasteiger partial charge in [-0.3, -0.25) is 0 Å². The Morgan fingerprint density at radius 2 is 1.61 bits per heavy atom. The summed E-state index contributed by atoms with van der Waals surface area (Å²) in [5.74, 6) is 1.71. The lowest BCUT2D eigenvalue weighted by Gasteiger charge is -2.36. The molecule has 0 radical (unpaired) electrons. The molecule has 1 unspecified atom stereocenters. The van der Waals surface area contributed by atoms with Crippen LogP contribution in [0.3, 0.4) is 0 Å². The van der Waals surface area contributed by atoms with Gasteiger partial charge in [0.1, 0.15) is 0 Å². The highest BCUT2D eigenvalue weighted by molar-refractivity contribution is 4.84. The molecule has 0 bridgehead atoms. The summed E-state index contributed by atoms with van der Waals surface area (Å²) in [4.78, 5) is 0. The van der Waals surface area contributed by atoms with Crippen molar-refractivity contribution in [3.8, 4) is 0 Å². The molecule has 0 aromatic carbocycles. The predicted octanol–water partition coefficient (Wildman–Crippen LogP) is 4.00. The molecule has 1 saturated heterocycles. The van der Waals surface area contributed by atoms with Crippen molar-refractivity contribution in [2.75, 3.05) is 19.8 Å². The zero-order valence-electron chi connectivity index (χ0n) is 12.7. The van der Waals surface area contributed by atoms with Crippen molar-refractivity contribution < 1.29 is 4.74 Å². The number of hydrogen-bond donors (Lipinski definition) is 1. The van der Waals surface area contributed by atoms with Gasteiger partial charge in [-0.2, -0.15) is 0 Å². The molecule has 2 nitrogen and oxygen atoms in total. The third-order valence-electron chi connectivity index (χ3n) is 4.23. The third kappa shape index (κ3) is 5.27. The van der Waals surface area contributed by atoms with E-state index in [2.05, 4.69) is 26.1 Å². The maximum absolute atomic E-state index is 5.53. The van der Waals surface area contributed by atoms with Crippen molar-refractivity contribution in [1.29, 1.82) is 0 Å². The van der Waals surface area contributed by atoms with E-state index in [-0.39, 0.29) is 0 Å². The molecule has 1 fully saturated rings. The van der Waals surface area contributed by atoms with E-state index in [1.54, 1.807) is 0 Å². The van der Waals surface area contributed by atoms with E-state index in [4.69, 9.17) is 4.74 Å². The standard InChI is InChI=1S/C16H33NO/c1-4-7-14(8-5-2)16(17-11-6-3)15-9-12-18-13-10-15/h14-17H,4-13H2,1-3H3. The van der Waals surface area contributed by atoms with Gasteiger partial charge in [0, 0.05) is 19.3 Å². The van der Waals surface area contributed by atoms with Gasteiger partial charge in [-0.1, -0.05) is 33.6 Å². The molecule has 1 atom stereocenters. The molecule has 1 N–H and O–H groups in total. The largest absolute Gasteiger partial charge is 0.381 e. The fourth-order valence-corrected chi connectivity index (χ4v) is 3.35. The zero-order valence-corrected chi connectivity index (χ0v) is 12.7. The van der Waals surface area contributed by atoms with Gasteiger partial charge in [-0.25, -0.2) is 0 Å². The Labute approximate surface area is 114 Å². The third-order valence-corrected chi connectivity index (χ3v) is 4.23. The molecule has 0 saturated carbocycles. The lowest BCUT2D eigenvalue weighted by Crippen LogP contribution is -2.44. The van der Waals surface area contributed by atoms with Crippen LogP contribution in [0.4, 0.5) is 0 Å². The van der Waals surface area contributed by atoms with E-state index < -0.39 is 0 Å². The van der Waals surface area contributed by atoms with Crippen molar-refractivity contribution in [2.45, 2.75) is 71.8 Å². The number of rotatable bonds is 9.